The smallest absolute Gasteiger partial charge is 0.119 e. The monoisotopic (exact) mass is 361 g/mol. The van der Waals surface area contributed by atoms with Gasteiger partial charge in [0.25, 0.3) is 0 Å². The number of aromatic hydroxyl groups is 1. The van der Waals surface area contributed by atoms with Crippen LogP contribution in [0.1, 0.15) is 96.1 Å². The molecule has 26 heavy (non-hydrogen) atoms. The van der Waals surface area contributed by atoms with Crippen LogP contribution in [0, 0.1) is 0 Å². The number of hydrogen-bond acceptors (Lipinski definition) is 2. The fourth-order valence-electron chi connectivity index (χ4n) is 3.04. The van der Waals surface area contributed by atoms with Gasteiger partial charge in [0.15, 0.2) is 0 Å². The van der Waals surface area contributed by atoms with Gasteiger partial charge in [-0.2, -0.15) is 0 Å². The zero-order valence-corrected chi connectivity index (χ0v) is 17.6. The number of hydrogen-bond donors (Lipinski definition) is 2. The van der Waals surface area contributed by atoms with Gasteiger partial charge in [0.2, 0.25) is 0 Å². The molecule has 0 aliphatic carbocycles. The second-order valence-corrected chi connectivity index (χ2v) is 7.58. The fraction of sp³-hybridized carbons (Fsp3) is 0.667. The molecule has 0 aromatic heterocycles. The summed E-state index contributed by atoms with van der Waals surface area (Å²) < 4.78 is 0. The minimum atomic E-state index is 0.333. The Hall–Kier alpha value is -1.28. The molecule has 2 nitrogen and oxygen atoms in total. The molecule has 0 radical (unpaired) electrons. The van der Waals surface area contributed by atoms with Crippen LogP contribution in [-0.2, 0) is 12.8 Å². The number of rotatable bonds is 13. The van der Waals surface area contributed by atoms with Crippen LogP contribution in [-0.4, -0.2) is 11.1 Å². The molecule has 0 aliphatic rings. The van der Waals surface area contributed by atoms with Crippen molar-refractivity contribution in [1.29, 1.82) is 0 Å². The summed E-state index contributed by atoms with van der Waals surface area (Å²) in [5.41, 5.74) is 7.47. The third-order valence-corrected chi connectivity index (χ3v) is 4.40. The molecule has 150 valence electrons. The number of aryl methyl sites for hydroxylation is 1. The van der Waals surface area contributed by atoms with Crippen LogP contribution in [0.2, 0.25) is 0 Å². The van der Waals surface area contributed by atoms with Crippen LogP contribution in [0.15, 0.2) is 30.9 Å². The highest BCUT2D eigenvalue weighted by Gasteiger charge is 2.05. The number of benzene rings is 1. The molecule has 0 atom stereocenters. The van der Waals surface area contributed by atoms with E-state index >= 15 is 0 Å². The third kappa shape index (κ3) is 13.9. The topological polar surface area (TPSA) is 46.2 Å². The van der Waals surface area contributed by atoms with Crippen LogP contribution in [0.25, 0.3) is 0 Å². The summed E-state index contributed by atoms with van der Waals surface area (Å²) in [6, 6.07) is 6.21. The van der Waals surface area contributed by atoms with Crippen molar-refractivity contribution in [3.05, 3.63) is 42.0 Å². The molecule has 0 bridgehead atoms. The summed E-state index contributed by atoms with van der Waals surface area (Å²) in [7, 11) is 0. The number of allylic oxidation sites excluding steroid dienone is 1. The second kappa shape index (κ2) is 17.1. The van der Waals surface area contributed by atoms with Crippen molar-refractivity contribution in [2.24, 2.45) is 5.73 Å². The molecule has 1 aromatic rings. The first-order chi connectivity index (χ1) is 12.5. The van der Waals surface area contributed by atoms with E-state index < -0.39 is 0 Å². The van der Waals surface area contributed by atoms with Gasteiger partial charge in [0.1, 0.15) is 5.75 Å². The van der Waals surface area contributed by atoms with Crippen molar-refractivity contribution in [3.63, 3.8) is 0 Å². The summed E-state index contributed by atoms with van der Waals surface area (Å²) in [4.78, 5) is 0. The summed E-state index contributed by atoms with van der Waals surface area (Å²) in [6.07, 6.45) is 17.4. The minimum absolute atomic E-state index is 0.333. The molecule has 0 fully saturated rings. The molecule has 0 aliphatic heterocycles. The molecule has 1 aromatic carbocycles. The van der Waals surface area contributed by atoms with Gasteiger partial charge in [0.05, 0.1) is 0 Å². The number of unbranched alkanes of at least 4 members (excludes halogenated alkanes) is 9. The van der Waals surface area contributed by atoms with Crippen molar-refractivity contribution in [2.75, 3.05) is 0 Å². The molecule has 3 N–H and O–H groups in total. The predicted molar refractivity (Wildman–Crippen MR) is 117 cm³/mol. The standard InChI is InChI=1S/C21H34O.C3H9N/c1-3-5-6-7-8-9-10-11-12-13-16-19-17-14-18-21(22)20(19)15-4-2;1-3(2)4/h4,14,17-18,22H,2-3,5-13,15-16H2,1H3;3H,4H2,1-2H3. The summed E-state index contributed by atoms with van der Waals surface area (Å²) in [6.45, 7) is 9.94. The molecule has 0 unspecified atom stereocenters. The Morgan fingerprint density at radius 3 is 1.96 bits per heavy atom. The number of phenols is 1. The molecule has 0 saturated heterocycles. The van der Waals surface area contributed by atoms with E-state index in [0.29, 0.717) is 11.8 Å². The van der Waals surface area contributed by atoms with Gasteiger partial charge in [-0.25, -0.2) is 0 Å². The molecule has 0 heterocycles. The van der Waals surface area contributed by atoms with E-state index in [1.807, 2.05) is 26.0 Å². The Balaban J connectivity index is 0.00000141. The van der Waals surface area contributed by atoms with Crippen LogP contribution >= 0.6 is 0 Å². The second-order valence-electron chi connectivity index (χ2n) is 7.58. The van der Waals surface area contributed by atoms with E-state index in [4.69, 9.17) is 5.73 Å². The highest BCUT2D eigenvalue weighted by molar-refractivity contribution is 5.40. The summed E-state index contributed by atoms with van der Waals surface area (Å²) in [5.74, 6) is 0.421. The molecule has 0 spiro atoms. The Kier molecular flexibility index (Phi) is 16.3. The van der Waals surface area contributed by atoms with Crippen molar-refractivity contribution in [1.82, 2.24) is 0 Å². The Labute approximate surface area is 162 Å². The fourth-order valence-corrected chi connectivity index (χ4v) is 3.04. The highest BCUT2D eigenvalue weighted by Crippen LogP contribution is 2.23. The van der Waals surface area contributed by atoms with E-state index in [2.05, 4.69) is 19.6 Å². The highest BCUT2D eigenvalue weighted by atomic mass is 16.3. The van der Waals surface area contributed by atoms with E-state index in [1.54, 1.807) is 6.07 Å². The first-order valence-electron chi connectivity index (χ1n) is 10.7. The maximum absolute atomic E-state index is 9.94. The molecule has 0 saturated carbocycles. The van der Waals surface area contributed by atoms with E-state index in [-0.39, 0.29) is 0 Å². The van der Waals surface area contributed by atoms with Crippen molar-refractivity contribution >= 4 is 0 Å². The van der Waals surface area contributed by atoms with E-state index in [9.17, 15) is 5.11 Å². The van der Waals surface area contributed by atoms with Gasteiger partial charge < -0.3 is 10.8 Å². The van der Waals surface area contributed by atoms with Gasteiger partial charge in [-0.15, -0.1) is 6.58 Å². The normalized spacial score (nSPS) is 10.5. The number of phenolic OH excluding ortho intramolecular Hbond substituents is 1. The first kappa shape index (κ1) is 24.7. The lowest BCUT2D eigenvalue weighted by Crippen LogP contribution is -2.06. The van der Waals surface area contributed by atoms with Crippen molar-refractivity contribution in [3.8, 4) is 5.75 Å². The average molecular weight is 362 g/mol. The van der Waals surface area contributed by atoms with Gasteiger partial charge in [-0.3, -0.25) is 0 Å². The Morgan fingerprint density at radius 2 is 1.46 bits per heavy atom. The van der Waals surface area contributed by atoms with Gasteiger partial charge in [-0.1, -0.05) is 96.8 Å². The summed E-state index contributed by atoms with van der Waals surface area (Å²) in [5, 5.41) is 9.94. The first-order valence-corrected chi connectivity index (χ1v) is 10.7. The quantitative estimate of drug-likeness (QED) is 0.295. The lowest BCUT2D eigenvalue weighted by atomic mass is 9.97. The molecule has 0 amide bonds. The lowest BCUT2D eigenvalue weighted by molar-refractivity contribution is 0.468. The predicted octanol–water partition coefficient (Wildman–Crippen LogP) is 6.94. The maximum atomic E-state index is 9.94. The largest absolute Gasteiger partial charge is 0.508 e. The van der Waals surface area contributed by atoms with Crippen molar-refractivity contribution < 1.29 is 5.11 Å². The Morgan fingerprint density at radius 1 is 0.962 bits per heavy atom. The summed E-state index contributed by atoms with van der Waals surface area (Å²) >= 11 is 0. The van der Waals surface area contributed by atoms with Crippen LogP contribution in [0.4, 0.5) is 0 Å². The van der Waals surface area contributed by atoms with Gasteiger partial charge in [0, 0.05) is 5.56 Å². The molecule has 1 rings (SSSR count). The Bertz CT molecular complexity index is 451. The minimum Gasteiger partial charge on any atom is -0.508 e. The average Bonchev–Trinajstić information content (AvgIpc) is 2.59. The van der Waals surface area contributed by atoms with Crippen LogP contribution in [0.3, 0.4) is 0 Å². The molecular weight excluding hydrogens is 318 g/mol. The molecule has 2 heteroatoms. The zero-order chi connectivity index (χ0) is 19.6. The van der Waals surface area contributed by atoms with E-state index in [0.717, 1.165) is 18.4 Å². The van der Waals surface area contributed by atoms with Gasteiger partial charge in [-0.05, 0) is 36.9 Å². The third-order valence-electron chi connectivity index (χ3n) is 4.40. The van der Waals surface area contributed by atoms with Gasteiger partial charge >= 0.3 is 0 Å². The van der Waals surface area contributed by atoms with E-state index in [1.165, 1.54) is 69.8 Å². The van der Waals surface area contributed by atoms with Crippen molar-refractivity contribution in [2.45, 2.75) is 104 Å². The van der Waals surface area contributed by atoms with Crippen LogP contribution < -0.4 is 5.73 Å². The van der Waals surface area contributed by atoms with Crippen LogP contribution in [0.5, 0.6) is 5.75 Å². The molecular formula is C24H43NO. The maximum Gasteiger partial charge on any atom is 0.119 e. The zero-order valence-electron chi connectivity index (χ0n) is 17.6. The number of nitrogens with two attached hydrogens (primary N) is 1. The lowest BCUT2D eigenvalue weighted by Gasteiger charge is -2.10. The SMILES string of the molecule is C=CCc1c(O)cccc1CCCCCCCCCCCC.CC(C)N.